The van der Waals surface area contributed by atoms with Gasteiger partial charge in [-0.15, -0.1) is 0 Å². The van der Waals surface area contributed by atoms with Crippen molar-refractivity contribution in [3.8, 4) is 44.5 Å². The second-order valence-electron chi connectivity index (χ2n) is 21.5. The maximum Gasteiger partial charge on any atom is 0.0540 e. The number of hydrogen-bond acceptors (Lipinski definition) is 2. The van der Waals surface area contributed by atoms with Gasteiger partial charge in [-0.25, -0.2) is 0 Å². The molecule has 0 N–H and O–H groups in total. The Morgan fingerprint density at radius 1 is 0.271 bits per heavy atom. The van der Waals surface area contributed by atoms with Crippen LogP contribution in [0, 0.1) is 0 Å². The van der Waals surface area contributed by atoms with E-state index in [0.717, 1.165) is 65.3 Å². The summed E-state index contributed by atoms with van der Waals surface area (Å²) in [4.78, 5) is 4.93. The molecular formula is C66H62Br2N2. The highest BCUT2D eigenvalue weighted by Gasteiger charge is 2.28. The molecule has 0 saturated carbocycles. The first-order valence-corrected chi connectivity index (χ1v) is 25.9. The van der Waals surface area contributed by atoms with Gasteiger partial charge in [0.05, 0.1) is 11.4 Å². The largest absolute Gasteiger partial charge is 0.310 e. The molecule has 0 saturated heterocycles. The van der Waals surface area contributed by atoms with Crippen molar-refractivity contribution in [1.82, 2.24) is 0 Å². The molecule has 4 heteroatoms. The normalized spacial score (nSPS) is 11.9. The van der Waals surface area contributed by atoms with Crippen LogP contribution >= 0.6 is 31.9 Å². The van der Waals surface area contributed by atoms with E-state index in [9.17, 15) is 0 Å². The van der Waals surface area contributed by atoms with E-state index >= 15 is 0 Å². The maximum absolute atomic E-state index is 3.89. The number of rotatable bonds is 10. The zero-order valence-corrected chi connectivity index (χ0v) is 45.0. The molecule has 350 valence electrons. The summed E-state index contributed by atoms with van der Waals surface area (Å²) in [5.74, 6) is 0. The molecule has 9 rings (SSSR count). The molecule has 0 amide bonds. The Morgan fingerprint density at radius 2 is 0.629 bits per heavy atom. The molecule has 0 aromatic heterocycles. The lowest BCUT2D eigenvalue weighted by Crippen LogP contribution is -2.19. The molecule has 0 aliphatic heterocycles. The first kappa shape index (κ1) is 48.6. The van der Waals surface area contributed by atoms with Crippen molar-refractivity contribution in [2.75, 3.05) is 9.80 Å². The van der Waals surface area contributed by atoms with E-state index in [0.29, 0.717) is 0 Å². The second-order valence-corrected chi connectivity index (χ2v) is 23.3. The molecule has 9 aromatic rings. The summed E-state index contributed by atoms with van der Waals surface area (Å²) in [5.41, 5.74) is 19.2. The van der Waals surface area contributed by atoms with Crippen molar-refractivity contribution in [3.63, 3.8) is 0 Å². The van der Waals surface area contributed by atoms with Crippen molar-refractivity contribution >= 4 is 66.0 Å². The molecule has 2 nitrogen and oxygen atoms in total. The van der Waals surface area contributed by atoms with Crippen LogP contribution in [-0.4, -0.2) is 0 Å². The minimum Gasteiger partial charge on any atom is -0.310 e. The summed E-state index contributed by atoms with van der Waals surface area (Å²) < 4.78 is 2.02. The van der Waals surface area contributed by atoms with Gasteiger partial charge in [-0.2, -0.15) is 0 Å². The number of benzene rings is 9. The highest BCUT2D eigenvalue weighted by molar-refractivity contribution is 9.10. The molecule has 0 spiro atoms. The third-order valence-corrected chi connectivity index (χ3v) is 14.2. The quantitative estimate of drug-likeness (QED) is 0.135. The molecule has 0 unspecified atom stereocenters. The minimum absolute atomic E-state index is 0.0738. The van der Waals surface area contributed by atoms with Crippen molar-refractivity contribution in [2.24, 2.45) is 0 Å². The zero-order chi connectivity index (χ0) is 49.4. The van der Waals surface area contributed by atoms with Gasteiger partial charge in [0, 0.05) is 42.8 Å². The van der Waals surface area contributed by atoms with Crippen molar-refractivity contribution in [2.45, 2.75) is 78.6 Å². The fourth-order valence-electron chi connectivity index (χ4n) is 9.22. The summed E-state index contributed by atoms with van der Waals surface area (Å²) in [6, 6.07) is 78.2. The van der Waals surface area contributed by atoms with E-state index in [1.165, 1.54) is 38.9 Å². The highest BCUT2D eigenvalue weighted by Crippen LogP contribution is 2.49. The molecular weight excluding hydrogens is 981 g/mol. The Hall–Kier alpha value is -6.46. The molecule has 0 bridgehead atoms. The van der Waals surface area contributed by atoms with Crippen LogP contribution < -0.4 is 9.80 Å². The van der Waals surface area contributed by atoms with E-state index in [1.807, 2.05) is 0 Å². The first-order valence-electron chi connectivity index (χ1n) is 24.3. The van der Waals surface area contributed by atoms with Crippen LogP contribution in [0.15, 0.2) is 221 Å². The molecule has 0 atom stereocenters. The molecule has 70 heavy (non-hydrogen) atoms. The van der Waals surface area contributed by atoms with E-state index in [-0.39, 0.29) is 16.2 Å². The maximum atomic E-state index is 3.89. The zero-order valence-electron chi connectivity index (χ0n) is 41.9. The lowest BCUT2D eigenvalue weighted by atomic mass is 9.84. The Kier molecular flexibility index (Phi) is 13.7. The Balaban J connectivity index is 1.34. The standard InChI is InChI=1S/C66H62Br2N2/c1-64(2,3)51-32-34-62(60(40-51)49-26-16-24-47(36-49)45-20-12-10-13-21-45)69(56-30-18-28-54(67)42-56)58-38-53(66(7,8)9)39-59(44-58)70(57-31-19-29-55(68)43-57)63-35-33-52(65(4,5)6)41-61(63)50-27-17-25-48(37-50)46-22-14-11-15-23-46/h10-44H,1-9H3. The van der Waals surface area contributed by atoms with Crippen LogP contribution in [0.4, 0.5) is 34.1 Å². The Morgan fingerprint density at radius 3 is 1.00 bits per heavy atom. The van der Waals surface area contributed by atoms with E-state index in [4.69, 9.17) is 0 Å². The van der Waals surface area contributed by atoms with Crippen LogP contribution in [-0.2, 0) is 16.2 Å². The smallest absolute Gasteiger partial charge is 0.0540 e. The van der Waals surface area contributed by atoms with Gasteiger partial charge in [-0.05, 0) is 157 Å². The topological polar surface area (TPSA) is 6.48 Å². The van der Waals surface area contributed by atoms with Gasteiger partial charge >= 0.3 is 0 Å². The predicted octanol–water partition coefficient (Wildman–Crippen LogP) is 20.7. The average Bonchev–Trinajstić information content (AvgIpc) is 3.34. The van der Waals surface area contributed by atoms with Gasteiger partial charge in [0.15, 0.2) is 0 Å². The van der Waals surface area contributed by atoms with E-state index in [2.05, 4.69) is 316 Å². The van der Waals surface area contributed by atoms with Gasteiger partial charge < -0.3 is 9.80 Å². The van der Waals surface area contributed by atoms with E-state index < -0.39 is 0 Å². The lowest BCUT2D eigenvalue weighted by Gasteiger charge is -2.34. The average molecular weight is 1040 g/mol. The van der Waals surface area contributed by atoms with Gasteiger partial charge in [0.25, 0.3) is 0 Å². The predicted molar refractivity (Wildman–Crippen MR) is 309 cm³/mol. The van der Waals surface area contributed by atoms with Gasteiger partial charge in [0.2, 0.25) is 0 Å². The fraction of sp³-hybridized carbons (Fsp3) is 0.182. The third kappa shape index (κ3) is 10.6. The van der Waals surface area contributed by atoms with Crippen molar-refractivity contribution in [1.29, 1.82) is 0 Å². The number of hydrogen-bond donors (Lipinski definition) is 0. The van der Waals surface area contributed by atoms with Crippen LogP contribution in [0.1, 0.15) is 79.0 Å². The van der Waals surface area contributed by atoms with Crippen LogP contribution in [0.25, 0.3) is 44.5 Å². The minimum atomic E-state index is -0.206. The molecule has 0 radical (unpaired) electrons. The highest BCUT2D eigenvalue weighted by atomic mass is 79.9. The molecule has 0 heterocycles. The van der Waals surface area contributed by atoms with Crippen LogP contribution in [0.2, 0.25) is 0 Å². The number of anilines is 6. The van der Waals surface area contributed by atoms with Crippen molar-refractivity contribution < 1.29 is 0 Å². The third-order valence-electron chi connectivity index (χ3n) is 13.2. The number of nitrogens with zero attached hydrogens (tertiary/aromatic N) is 2. The molecule has 0 aliphatic rings. The lowest BCUT2D eigenvalue weighted by molar-refractivity contribution is 0.590. The first-order chi connectivity index (χ1) is 33.4. The Bertz CT molecular complexity index is 3080. The summed E-state index contributed by atoms with van der Waals surface area (Å²) >= 11 is 7.79. The SMILES string of the molecule is CC(C)(C)c1cc(N(c2cccc(Br)c2)c2ccc(C(C)(C)C)cc2-c2cccc(-c3ccccc3)c2)cc(N(c2cccc(Br)c2)c2ccc(C(C)(C)C)cc2-c2cccc(-c3ccccc3)c2)c1. The molecule has 9 aromatic carbocycles. The molecule has 0 fully saturated rings. The monoisotopic (exact) mass is 1040 g/mol. The van der Waals surface area contributed by atoms with Gasteiger partial charge in [-0.1, -0.05) is 216 Å². The van der Waals surface area contributed by atoms with Crippen LogP contribution in [0.5, 0.6) is 0 Å². The fourth-order valence-corrected chi connectivity index (χ4v) is 10.00. The molecule has 0 aliphatic carbocycles. The van der Waals surface area contributed by atoms with Gasteiger partial charge in [-0.3, -0.25) is 0 Å². The summed E-state index contributed by atoms with van der Waals surface area (Å²) in [5, 5.41) is 0. The second kappa shape index (κ2) is 19.7. The Labute approximate surface area is 434 Å². The number of halogens is 2. The van der Waals surface area contributed by atoms with Crippen molar-refractivity contribution in [3.05, 3.63) is 238 Å². The van der Waals surface area contributed by atoms with Gasteiger partial charge in [0.1, 0.15) is 0 Å². The summed E-state index contributed by atoms with van der Waals surface area (Å²) in [6.45, 7) is 20.8. The van der Waals surface area contributed by atoms with E-state index in [1.54, 1.807) is 0 Å². The summed E-state index contributed by atoms with van der Waals surface area (Å²) in [7, 11) is 0. The van der Waals surface area contributed by atoms with Crippen LogP contribution in [0.3, 0.4) is 0 Å². The summed E-state index contributed by atoms with van der Waals surface area (Å²) in [6.07, 6.45) is 0.